The SMILES string of the molecule is [O-][N+]1=C(/C=C/c2ccccc2)CCC1. The van der Waals surface area contributed by atoms with Crippen LogP contribution in [-0.2, 0) is 0 Å². The van der Waals surface area contributed by atoms with Crippen molar-refractivity contribution in [2.75, 3.05) is 6.54 Å². The molecule has 1 aromatic rings. The number of hydroxylamine groups is 1. The predicted octanol–water partition coefficient (Wildman–Crippen LogP) is 2.44. The summed E-state index contributed by atoms with van der Waals surface area (Å²) in [6.07, 6.45) is 5.81. The van der Waals surface area contributed by atoms with Crippen molar-refractivity contribution in [2.45, 2.75) is 12.8 Å². The largest absolute Gasteiger partial charge is 0.624 e. The Kier molecular flexibility index (Phi) is 2.63. The molecule has 0 aliphatic carbocycles. The van der Waals surface area contributed by atoms with Crippen LogP contribution in [-0.4, -0.2) is 17.0 Å². The number of allylic oxidation sites excluding steroid dienone is 1. The van der Waals surface area contributed by atoms with Gasteiger partial charge in [-0.15, -0.1) is 0 Å². The maximum atomic E-state index is 11.2. The van der Waals surface area contributed by atoms with Gasteiger partial charge in [-0.2, -0.15) is 0 Å². The summed E-state index contributed by atoms with van der Waals surface area (Å²) in [6.45, 7) is 0.647. The number of rotatable bonds is 2. The van der Waals surface area contributed by atoms with Crippen molar-refractivity contribution in [1.82, 2.24) is 0 Å². The molecule has 0 amide bonds. The van der Waals surface area contributed by atoms with E-state index in [1.54, 1.807) is 0 Å². The van der Waals surface area contributed by atoms with E-state index in [0.29, 0.717) is 6.54 Å². The summed E-state index contributed by atoms with van der Waals surface area (Å²) in [5.74, 6) is 0. The normalized spacial score (nSPS) is 16.9. The van der Waals surface area contributed by atoms with Gasteiger partial charge in [-0.1, -0.05) is 30.3 Å². The molecular formula is C12H13NO. The summed E-state index contributed by atoms with van der Waals surface area (Å²) in [6, 6.07) is 10.0. The topological polar surface area (TPSA) is 26.1 Å². The summed E-state index contributed by atoms with van der Waals surface area (Å²) in [7, 11) is 0. The molecule has 1 aliphatic heterocycles. The van der Waals surface area contributed by atoms with Crippen LogP contribution in [0.15, 0.2) is 36.4 Å². The zero-order valence-corrected chi connectivity index (χ0v) is 8.02. The van der Waals surface area contributed by atoms with Gasteiger partial charge in [-0.05, 0) is 11.6 Å². The van der Waals surface area contributed by atoms with Crippen molar-refractivity contribution in [2.24, 2.45) is 0 Å². The minimum atomic E-state index is 0.647. The molecule has 0 N–H and O–H groups in total. The Labute approximate surface area is 83.8 Å². The van der Waals surface area contributed by atoms with E-state index in [0.717, 1.165) is 28.9 Å². The Morgan fingerprint density at radius 3 is 2.57 bits per heavy atom. The average molecular weight is 187 g/mol. The van der Waals surface area contributed by atoms with E-state index >= 15 is 0 Å². The van der Waals surface area contributed by atoms with E-state index in [4.69, 9.17) is 0 Å². The van der Waals surface area contributed by atoms with Gasteiger partial charge in [0, 0.05) is 18.9 Å². The average Bonchev–Trinajstić information content (AvgIpc) is 2.63. The fourth-order valence-electron chi connectivity index (χ4n) is 1.60. The summed E-state index contributed by atoms with van der Waals surface area (Å²) < 4.78 is 1.08. The molecule has 0 fully saturated rings. The van der Waals surface area contributed by atoms with Crippen molar-refractivity contribution in [3.8, 4) is 0 Å². The molecule has 0 aromatic heterocycles. The van der Waals surface area contributed by atoms with Gasteiger partial charge in [-0.25, -0.2) is 4.74 Å². The second-order valence-corrected chi connectivity index (χ2v) is 3.44. The molecular weight excluding hydrogens is 174 g/mol. The molecule has 14 heavy (non-hydrogen) atoms. The quantitative estimate of drug-likeness (QED) is 0.516. The highest BCUT2D eigenvalue weighted by atomic mass is 16.5. The van der Waals surface area contributed by atoms with Gasteiger partial charge in [0.1, 0.15) is 0 Å². The molecule has 0 bridgehead atoms. The lowest BCUT2D eigenvalue weighted by Gasteiger charge is -1.97. The van der Waals surface area contributed by atoms with Gasteiger partial charge in [-0.3, -0.25) is 0 Å². The van der Waals surface area contributed by atoms with Crippen LogP contribution >= 0.6 is 0 Å². The minimum Gasteiger partial charge on any atom is -0.624 e. The third kappa shape index (κ3) is 2.02. The van der Waals surface area contributed by atoms with Crippen LogP contribution in [0, 0.1) is 5.21 Å². The van der Waals surface area contributed by atoms with Gasteiger partial charge in [0.15, 0.2) is 12.3 Å². The van der Waals surface area contributed by atoms with Gasteiger partial charge >= 0.3 is 0 Å². The highest BCUT2D eigenvalue weighted by molar-refractivity contribution is 5.95. The lowest BCUT2D eigenvalue weighted by atomic mass is 10.1. The van der Waals surface area contributed by atoms with Crippen LogP contribution in [0.5, 0.6) is 0 Å². The lowest BCUT2D eigenvalue weighted by Crippen LogP contribution is -2.04. The Morgan fingerprint density at radius 1 is 1.14 bits per heavy atom. The molecule has 0 spiro atoms. The fraction of sp³-hybridized carbons (Fsp3) is 0.250. The first-order chi connectivity index (χ1) is 6.86. The van der Waals surface area contributed by atoms with E-state index in [2.05, 4.69) is 0 Å². The van der Waals surface area contributed by atoms with Crippen molar-refractivity contribution in [1.29, 1.82) is 0 Å². The third-order valence-corrected chi connectivity index (χ3v) is 2.38. The predicted molar refractivity (Wildman–Crippen MR) is 58.2 cm³/mol. The Balaban J connectivity index is 2.11. The van der Waals surface area contributed by atoms with E-state index in [9.17, 15) is 5.21 Å². The molecule has 2 heteroatoms. The highest BCUT2D eigenvalue weighted by Crippen LogP contribution is 2.07. The Bertz CT molecular complexity index is 365. The molecule has 0 atom stereocenters. The molecule has 72 valence electrons. The van der Waals surface area contributed by atoms with E-state index in [-0.39, 0.29) is 0 Å². The second kappa shape index (κ2) is 4.09. The Morgan fingerprint density at radius 2 is 1.93 bits per heavy atom. The number of nitrogens with zero attached hydrogens (tertiary/aromatic N) is 1. The number of benzene rings is 1. The van der Waals surface area contributed by atoms with Crippen molar-refractivity contribution in [3.63, 3.8) is 0 Å². The lowest BCUT2D eigenvalue weighted by molar-refractivity contribution is -0.447. The van der Waals surface area contributed by atoms with Crippen molar-refractivity contribution in [3.05, 3.63) is 47.2 Å². The van der Waals surface area contributed by atoms with Gasteiger partial charge in [0.05, 0.1) is 0 Å². The smallest absolute Gasteiger partial charge is 0.187 e. The first-order valence-corrected chi connectivity index (χ1v) is 4.90. The maximum absolute atomic E-state index is 11.2. The monoisotopic (exact) mass is 187 g/mol. The molecule has 2 nitrogen and oxygen atoms in total. The molecule has 1 aliphatic rings. The minimum absolute atomic E-state index is 0.647. The van der Waals surface area contributed by atoms with Gasteiger partial charge < -0.3 is 5.21 Å². The zero-order valence-electron chi connectivity index (χ0n) is 8.02. The van der Waals surface area contributed by atoms with Crippen molar-refractivity contribution >= 4 is 11.8 Å². The molecule has 1 aromatic carbocycles. The summed E-state index contributed by atoms with van der Waals surface area (Å²) in [5, 5.41) is 11.2. The summed E-state index contributed by atoms with van der Waals surface area (Å²) in [5.41, 5.74) is 2.04. The van der Waals surface area contributed by atoms with E-state index < -0.39 is 0 Å². The Hall–Kier alpha value is -1.57. The number of hydrogen-bond donors (Lipinski definition) is 0. The molecule has 0 saturated heterocycles. The van der Waals surface area contributed by atoms with Crippen LogP contribution < -0.4 is 0 Å². The third-order valence-electron chi connectivity index (χ3n) is 2.38. The van der Waals surface area contributed by atoms with Crippen molar-refractivity contribution < 1.29 is 4.74 Å². The summed E-state index contributed by atoms with van der Waals surface area (Å²) in [4.78, 5) is 0. The van der Waals surface area contributed by atoms with E-state index in [1.165, 1.54) is 0 Å². The molecule has 0 unspecified atom stereocenters. The number of hydrogen-bond acceptors (Lipinski definition) is 1. The van der Waals surface area contributed by atoms with Crippen LogP contribution in [0.1, 0.15) is 18.4 Å². The molecule has 2 rings (SSSR count). The fourth-order valence-corrected chi connectivity index (χ4v) is 1.60. The van der Waals surface area contributed by atoms with Crippen LogP contribution in [0.4, 0.5) is 0 Å². The summed E-state index contributed by atoms with van der Waals surface area (Å²) >= 11 is 0. The van der Waals surface area contributed by atoms with Crippen LogP contribution in [0.3, 0.4) is 0 Å². The van der Waals surface area contributed by atoms with Crippen LogP contribution in [0.25, 0.3) is 6.08 Å². The first kappa shape index (κ1) is 9.00. The van der Waals surface area contributed by atoms with E-state index in [1.807, 2.05) is 42.5 Å². The molecule has 1 heterocycles. The van der Waals surface area contributed by atoms with Gasteiger partial charge in [0.2, 0.25) is 0 Å². The zero-order chi connectivity index (χ0) is 9.80. The maximum Gasteiger partial charge on any atom is 0.187 e. The molecule has 0 saturated carbocycles. The van der Waals surface area contributed by atoms with Gasteiger partial charge in [0.25, 0.3) is 0 Å². The first-order valence-electron chi connectivity index (χ1n) is 4.90. The molecule has 0 radical (unpaired) electrons. The highest BCUT2D eigenvalue weighted by Gasteiger charge is 2.13. The standard InChI is InChI=1S/C12H13NO/c14-13-10-4-7-12(13)9-8-11-5-2-1-3-6-11/h1-3,5-6,8-9H,4,7,10H2/b9-8+. The van der Waals surface area contributed by atoms with Crippen LogP contribution in [0.2, 0.25) is 0 Å². The second-order valence-electron chi connectivity index (χ2n) is 3.44.